The van der Waals surface area contributed by atoms with Crippen LogP contribution in [0.5, 0.6) is 5.75 Å². The van der Waals surface area contributed by atoms with Gasteiger partial charge in [-0.05, 0) is 49.8 Å². The van der Waals surface area contributed by atoms with E-state index in [1.807, 2.05) is 16.9 Å². The first-order chi connectivity index (χ1) is 19.2. The predicted octanol–water partition coefficient (Wildman–Crippen LogP) is 4.43. The molecule has 2 aliphatic heterocycles. The molecular formula is C27H25F4N7O2. The lowest BCUT2D eigenvalue weighted by Crippen LogP contribution is -2.51. The van der Waals surface area contributed by atoms with E-state index in [1.54, 1.807) is 17.1 Å². The number of fused-ring (bicyclic) bond motifs is 1. The maximum absolute atomic E-state index is 13.4. The van der Waals surface area contributed by atoms with Gasteiger partial charge in [-0.15, -0.1) is 13.2 Å². The highest BCUT2D eigenvalue weighted by atomic mass is 19.4. The summed E-state index contributed by atoms with van der Waals surface area (Å²) in [6, 6.07) is 6.99. The van der Waals surface area contributed by atoms with Gasteiger partial charge in [0.05, 0.1) is 24.3 Å². The molecule has 1 aromatic carbocycles. The Hall–Kier alpha value is -4.26. The van der Waals surface area contributed by atoms with E-state index in [1.165, 1.54) is 35.6 Å². The van der Waals surface area contributed by atoms with Gasteiger partial charge >= 0.3 is 6.36 Å². The Morgan fingerprint density at radius 1 is 1.07 bits per heavy atom. The number of carbonyl (C=O) groups is 1. The van der Waals surface area contributed by atoms with Crippen molar-refractivity contribution in [3.63, 3.8) is 0 Å². The molecule has 40 heavy (non-hydrogen) atoms. The highest BCUT2D eigenvalue weighted by Crippen LogP contribution is 2.37. The number of nitrogens with zero attached hydrogens (tertiary/aromatic N) is 7. The van der Waals surface area contributed by atoms with Gasteiger partial charge in [0.25, 0.3) is 5.91 Å². The number of hydrogen-bond acceptors (Lipinski definition) is 6. The second kappa shape index (κ2) is 10.0. The minimum atomic E-state index is -4.80. The summed E-state index contributed by atoms with van der Waals surface area (Å²) in [5.41, 5.74) is 3.89. The number of pyridine rings is 1. The molecule has 0 radical (unpaired) electrons. The number of carbonyl (C=O) groups excluding carboxylic acids is 1. The van der Waals surface area contributed by atoms with Crippen LogP contribution in [0.1, 0.15) is 12.5 Å². The summed E-state index contributed by atoms with van der Waals surface area (Å²) in [6.07, 6.45) is 1.79. The molecule has 4 aromatic rings. The summed E-state index contributed by atoms with van der Waals surface area (Å²) in [5, 5.41) is 9.33. The fraction of sp³-hybridized carbons (Fsp3) is 0.333. The zero-order valence-corrected chi connectivity index (χ0v) is 21.3. The Bertz CT molecular complexity index is 1570. The van der Waals surface area contributed by atoms with Gasteiger partial charge in [-0.2, -0.15) is 10.2 Å². The van der Waals surface area contributed by atoms with Crippen LogP contribution in [-0.4, -0.2) is 79.3 Å². The van der Waals surface area contributed by atoms with Crippen LogP contribution >= 0.6 is 0 Å². The van der Waals surface area contributed by atoms with Crippen molar-refractivity contribution in [2.75, 3.05) is 32.7 Å². The zero-order chi connectivity index (χ0) is 28.0. The van der Waals surface area contributed by atoms with Crippen LogP contribution in [0.15, 0.2) is 61.3 Å². The number of likely N-dealkylation sites (tertiary alicyclic amines) is 2. The van der Waals surface area contributed by atoms with Crippen LogP contribution in [0.4, 0.5) is 17.6 Å². The van der Waals surface area contributed by atoms with Gasteiger partial charge in [0.1, 0.15) is 17.0 Å². The maximum atomic E-state index is 13.4. The van der Waals surface area contributed by atoms with Crippen molar-refractivity contribution in [1.82, 2.24) is 34.3 Å². The minimum absolute atomic E-state index is 0.222. The normalized spacial score (nSPS) is 16.1. The second-order valence-corrected chi connectivity index (χ2v) is 9.88. The Kier molecular flexibility index (Phi) is 6.53. The number of ether oxygens (including phenoxy) is 1. The zero-order valence-electron chi connectivity index (χ0n) is 21.3. The Balaban J connectivity index is 1.37. The van der Waals surface area contributed by atoms with E-state index in [4.69, 9.17) is 5.10 Å². The minimum Gasteiger partial charge on any atom is -0.406 e. The standard InChI is InChI=1S/C27H25F4N7O2/c1-17(28)26(39)36-15-20(16-36)38-25-22(19-13-33-37(14-19)12-11-35-9-2-10-35)7-8-32-24(25)23(34-38)18-3-5-21(6-4-18)40-27(29,30)31/h3-8,13-14,20H,1-2,9-12,15-16H2. The van der Waals surface area contributed by atoms with E-state index in [-0.39, 0.29) is 24.9 Å². The molecule has 2 saturated heterocycles. The lowest BCUT2D eigenvalue weighted by molar-refractivity contribution is -0.274. The molecule has 6 rings (SSSR count). The van der Waals surface area contributed by atoms with Gasteiger partial charge in [-0.25, -0.2) is 4.39 Å². The molecule has 1 amide bonds. The van der Waals surface area contributed by atoms with Crippen molar-refractivity contribution < 1.29 is 27.1 Å². The first-order valence-electron chi connectivity index (χ1n) is 12.8. The largest absolute Gasteiger partial charge is 0.573 e. The number of alkyl halides is 3. The number of rotatable bonds is 8. The highest BCUT2D eigenvalue weighted by Gasteiger charge is 2.36. The van der Waals surface area contributed by atoms with Crippen LogP contribution in [-0.2, 0) is 11.3 Å². The third-order valence-electron chi connectivity index (χ3n) is 7.21. The highest BCUT2D eigenvalue weighted by molar-refractivity contribution is 5.99. The fourth-order valence-corrected chi connectivity index (χ4v) is 4.99. The van der Waals surface area contributed by atoms with E-state index >= 15 is 0 Å². The van der Waals surface area contributed by atoms with Gasteiger partial charge in [-0.1, -0.05) is 6.58 Å². The summed E-state index contributed by atoms with van der Waals surface area (Å²) in [7, 11) is 0. The smallest absolute Gasteiger partial charge is 0.406 e. The van der Waals surface area contributed by atoms with Gasteiger partial charge in [0.15, 0.2) is 5.83 Å². The molecule has 0 unspecified atom stereocenters. The van der Waals surface area contributed by atoms with Crippen molar-refractivity contribution >= 4 is 16.9 Å². The van der Waals surface area contributed by atoms with Crippen molar-refractivity contribution in [3.8, 4) is 28.1 Å². The molecule has 0 aliphatic carbocycles. The molecule has 13 heteroatoms. The van der Waals surface area contributed by atoms with Crippen LogP contribution < -0.4 is 4.74 Å². The summed E-state index contributed by atoms with van der Waals surface area (Å²) in [6.45, 7) is 7.39. The molecule has 2 fully saturated rings. The number of aromatic nitrogens is 5. The van der Waals surface area contributed by atoms with Crippen LogP contribution in [0.2, 0.25) is 0 Å². The van der Waals surface area contributed by atoms with Crippen molar-refractivity contribution in [2.45, 2.75) is 25.4 Å². The molecule has 208 valence electrons. The number of halogens is 4. The number of benzene rings is 1. The molecular weight excluding hydrogens is 530 g/mol. The molecule has 5 heterocycles. The second-order valence-electron chi connectivity index (χ2n) is 9.88. The molecule has 0 bridgehead atoms. The maximum Gasteiger partial charge on any atom is 0.573 e. The van der Waals surface area contributed by atoms with E-state index in [0.717, 1.165) is 37.3 Å². The fourth-order valence-electron chi connectivity index (χ4n) is 4.99. The molecule has 0 saturated carbocycles. The molecule has 9 nitrogen and oxygen atoms in total. The van der Waals surface area contributed by atoms with E-state index in [9.17, 15) is 22.4 Å². The third kappa shape index (κ3) is 5.04. The van der Waals surface area contributed by atoms with Gasteiger partial charge < -0.3 is 14.5 Å². The quantitative estimate of drug-likeness (QED) is 0.236. The average Bonchev–Trinajstić information content (AvgIpc) is 3.47. The summed E-state index contributed by atoms with van der Waals surface area (Å²) < 4.78 is 59.0. The van der Waals surface area contributed by atoms with Gasteiger partial charge in [-0.3, -0.25) is 19.1 Å². The molecule has 0 atom stereocenters. The average molecular weight is 556 g/mol. The molecule has 0 N–H and O–H groups in total. The summed E-state index contributed by atoms with van der Waals surface area (Å²) in [4.78, 5) is 20.3. The summed E-state index contributed by atoms with van der Waals surface area (Å²) in [5.74, 6) is -2.15. The first-order valence-corrected chi connectivity index (χ1v) is 12.8. The van der Waals surface area contributed by atoms with Crippen LogP contribution in [0.3, 0.4) is 0 Å². The van der Waals surface area contributed by atoms with E-state index < -0.39 is 18.1 Å². The molecule has 0 spiro atoms. The Morgan fingerprint density at radius 3 is 2.48 bits per heavy atom. The van der Waals surface area contributed by atoms with Crippen molar-refractivity contribution in [2.24, 2.45) is 0 Å². The SMILES string of the molecule is C=C(F)C(=O)N1CC(n2nc(-c3ccc(OC(F)(F)F)cc3)c3nccc(-c4cnn(CCN5CCC5)c4)c32)C1. The van der Waals surface area contributed by atoms with E-state index in [2.05, 4.69) is 26.3 Å². The van der Waals surface area contributed by atoms with E-state index in [0.29, 0.717) is 22.3 Å². The lowest BCUT2D eigenvalue weighted by atomic mass is 10.0. The predicted molar refractivity (Wildman–Crippen MR) is 138 cm³/mol. The lowest BCUT2D eigenvalue weighted by Gasteiger charge is -2.39. The van der Waals surface area contributed by atoms with Crippen LogP contribution in [0.25, 0.3) is 33.4 Å². The Morgan fingerprint density at radius 2 is 1.82 bits per heavy atom. The van der Waals surface area contributed by atoms with Crippen LogP contribution in [0, 0.1) is 0 Å². The van der Waals surface area contributed by atoms with Crippen molar-refractivity contribution in [1.29, 1.82) is 0 Å². The van der Waals surface area contributed by atoms with Gasteiger partial charge in [0.2, 0.25) is 0 Å². The Labute approximate surface area is 226 Å². The topological polar surface area (TPSA) is 81.3 Å². The number of amides is 1. The molecule has 3 aromatic heterocycles. The third-order valence-corrected chi connectivity index (χ3v) is 7.21. The molecule has 2 aliphatic rings. The monoisotopic (exact) mass is 555 g/mol. The first kappa shape index (κ1) is 26.0. The van der Waals surface area contributed by atoms with Gasteiger partial charge in [0, 0.05) is 48.7 Å². The number of hydrogen-bond donors (Lipinski definition) is 0. The summed E-state index contributed by atoms with van der Waals surface area (Å²) >= 11 is 0. The van der Waals surface area contributed by atoms with Crippen molar-refractivity contribution in [3.05, 3.63) is 61.3 Å².